The summed E-state index contributed by atoms with van der Waals surface area (Å²) in [6, 6.07) is 5.85. The zero-order valence-corrected chi connectivity index (χ0v) is 16.9. The van der Waals surface area contributed by atoms with Crippen LogP contribution in [-0.4, -0.2) is 60.2 Å². The molecule has 2 amide bonds. The number of nitrogens with zero attached hydrogens (tertiary/aromatic N) is 5. The second-order valence-corrected chi connectivity index (χ2v) is 7.70. The van der Waals surface area contributed by atoms with Crippen molar-refractivity contribution in [2.24, 2.45) is 0 Å². The van der Waals surface area contributed by atoms with Gasteiger partial charge in [0.15, 0.2) is 0 Å². The molecule has 0 aliphatic carbocycles. The summed E-state index contributed by atoms with van der Waals surface area (Å²) in [6.45, 7) is 4.53. The van der Waals surface area contributed by atoms with Crippen molar-refractivity contribution < 1.29 is 9.18 Å². The highest BCUT2D eigenvalue weighted by atomic mass is 35.5. The average molecular weight is 419 g/mol. The van der Waals surface area contributed by atoms with Gasteiger partial charge in [-0.3, -0.25) is 0 Å². The van der Waals surface area contributed by atoms with Gasteiger partial charge in [-0.2, -0.15) is 4.98 Å². The molecule has 2 aliphatic rings. The van der Waals surface area contributed by atoms with E-state index in [4.69, 9.17) is 16.6 Å². The van der Waals surface area contributed by atoms with Gasteiger partial charge in [-0.25, -0.2) is 14.2 Å². The van der Waals surface area contributed by atoms with Crippen LogP contribution < -0.4 is 15.1 Å². The van der Waals surface area contributed by atoms with Gasteiger partial charge in [0.2, 0.25) is 5.95 Å². The van der Waals surface area contributed by atoms with E-state index in [1.165, 1.54) is 37.5 Å². The molecule has 29 heavy (non-hydrogen) atoms. The number of nitrogens with one attached hydrogen (secondary N) is 1. The van der Waals surface area contributed by atoms with Gasteiger partial charge in [-0.05, 0) is 43.5 Å². The van der Waals surface area contributed by atoms with Crippen molar-refractivity contribution >= 4 is 35.1 Å². The minimum Gasteiger partial charge on any atom is -0.353 e. The van der Waals surface area contributed by atoms with E-state index in [0.29, 0.717) is 31.9 Å². The number of carbonyl (C=O) groups is 1. The number of amides is 2. The second kappa shape index (κ2) is 8.82. The predicted octanol–water partition coefficient (Wildman–Crippen LogP) is 3.61. The first-order valence-corrected chi connectivity index (χ1v) is 10.3. The number of urea groups is 1. The lowest BCUT2D eigenvalue weighted by Gasteiger charge is -2.35. The Kier molecular flexibility index (Phi) is 5.99. The van der Waals surface area contributed by atoms with Crippen molar-refractivity contribution in [3.05, 3.63) is 41.3 Å². The van der Waals surface area contributed by atoms with Gasteiger partial charge in [-0.15, -0.1) is 0 Å². The Morgan fingerprint density at radius 2 is 1.76 bits per heavy atom. The Labute approximate surface area is 174 Å². The SMILES string of the molecule is O=C(Nc1ccc(F)c(Cl)c1)N1CCN(c2ccnc(N3CCCCC3)n2)CC1. The summed E-state index contributed by atoms with van der Waals surface area (Å²) in [4.78, 5) is 27.8. The molecule has 0 radical (unpaired) electrons. The maximum Gasteiger partial charge on any atom is 0.321 e. The number of piperazine rings is 1. The highest BCUT2D eigenvalue weighted by molar-refractivity contribution is 6.31. The fraction of sp³-hybridized carbons (Fsp3) is 0.450. The van der Waals surface area contributed by atoms with E-state index in [1.807, 2.05) is 12.3 Å². The van der Waals surface area contributed by atoms with Crippen LogP contribution >= 0.6 is 11.6 Å². The van der Waals surface area contributed by atoms with Gasteiger partial charge in [-0.1, -0.05) is 11.6 Å². The monoisotopic (exact) mass is 418 g/mol. The van der Waals surface area contributed by atoms with E-state index in [-0.39, 0.29) is 11.1 Å². The van der Waals surface area contributed by atoms with Crippen molar-refractivity contribution in [1.82, 2.24) is 14.9 Å². The van der Waals surface area contributed by atoms with Crippen LogP contribution in [0.4, 0.5) is 26.6 Å². The highest BCUT2D eigenvalue weighted by Gasteiger charge is 2.23. The Bertz CT molecular complexity index is 868. The van der Waals surface area contributed by atoms with Crippen molar-refractivity contribution in [2.75, 3.05) is 54.4 Å². The summed E-state index contributed by atoms with van der Waals surface area (Å²) in [5.74, 6) is 1.17. The average Bonchev–Trinajstić information content (AvgIpc) is 2.77. The van der Waals surface area contributed by atoms with Crippen LogP contribution in [0.25, 0.3) is 0 Å². The third kappa shape index (κ3) is 4.70. The first-order valence-electron chi connectivity index (χ1n) is 9.94. The van der Waals surface area contributed by atoms with Gasteiger partial charge in [0.1, 0.15) is 11.6 Å². The molecule has 0 bridgehead atoms. The van der Waals surface area contributed by atoms with Crippen molar-refractivity contribution in [3.63, 3.8) is 0 Å². The van der Waals surface area contributed by atoms with Gasteiger partial charge in [0.05, 0.1) is 5.02 Å². The quantitative estimate of drug-likeness (QED) is 0.824. The molecule has 2 fully saturated rings. The predicted molar refractivity (Wildman–Crippen MR) is 112 cm³/mol. The number of hydrogen-bond donors (Lipinski definition) is 1. The molecule has 7 nitrogen and oxygen atoms in total. The van der Waals surface area contributed by atoms with Gasteiger partial charge >= 0.3 is 6.03 Å². The molecular formula is C20H24ClFN6O. The normalized spacial score (nSPS) is 17.4. The molecule has 2 aromatic rings. The van der Waals surface area contributed by atoms with Crippen molar-refractivity contribution in [2.45, 2.75) is 19.3 Å². The lowest BCUT2D eigenvalue weighted by atomic mass is 10.1. The van der Waals surface area contributed by atoms with E-state index < -0.39 is 5.82 Å². The molecule has 1 aromatic carbocycles. The fourth-order valence-electron chi connectivity index (χ4n) is 3.68. The summed E-state index contributed by atoms with van der Waals surface area (Å²) in [5, 5.41) is 2.76. The number of hydrogen-bond acceptors (Lipinski definition) is 5. The summed E-state index contributed by atoms with van der Waals surface area (Å²) in [6.07, 6.45) is 5.44. The summed E-state index contributed by atoms with van der Waals surface area (Å²) >= 11 is 5.78. The Morgan fingerprint density at radius 1 is 1.00 bits per heavy atom. The Hall–Kier alpha value is -2.61. The molecule has 154 valence electrons. The molecule has 0 spiro atoms. The zero-order valence-electron chi connectivity index (χ0n) is 16.2. The van der Waals surface area contributed by atoms with E-state index >= 15 is 0 Å². The smallest absolute Gasteiger partial charge is 0.321 e. The molecule has 0 saturated carbocycles. The number of benzene rings is 1. The number of carbonyl (C=O) groups excluding carboxylic acids is 1. The van der Waals surface area contributed by atoms with Crippen LogP contribution in [0.3, 0.4) is 0 Å². The maximum atomic E-state index is 13.3. The molecular weight excluding hydrogens is 395 g/mol. The third-order valence-electron chi connectivity index (χ3n) is 5.33. The molecule has 3 heterocycles. The number of halogens is 2. The lowest BCUT2D eigenvalue weighted by Crippen LogP contribution is -2.50. The van der Waals surface area contributed by atoms with Crippen LogP contribution in [0, 0.1) is 5.82 Å². The largest absolute Gasteiger partial charge is 0.353 e. The van der Waals surface area contributed by atoms with Crippen LogP contribution in [0.1, 0.15) is 19.3 Å². The lowest BCUT2D eigenvalue weighted by molar-refractivity contribution is 0.208. The number of rotatable bonds is 3. The van der Waals surface area contributed by atoms with Gasteiger partial charge < -0.3 is 20.0 Å². The van der Waals surface area contributed by atoms with Gasteiger partial charge in [0.25, 0.3) is 0 Å². The highest BCUT2D eigenvalue weighted by Crippen LogP contribution is 2.21. The molecule has 1 N–H and O–H groups in total. The van der Waals surface area contributed by atoms with Crippen LogP contribution in [0.2, 0.25) is 5.02 Å². The zero-order chi connectivity index (χ0) is 20.2. The number of anilines is 3. The molecule has 0 unspecified atom stereocenters. The Balaban J connectivity index is 1.34. The molecule has 2 aliphatic heterocycles. The first-order chi connectivity index (χ1) is 14.1. The molecule has 1 aromatic heterocycles. The van der Waals surface area contributed by atoms with E-state index in [2.05, 4.69) is 20.1 Å². The fourth-order valence-corrected chi connectivity index (χ4v) is 3.86. The van der Waals surface area contributed by atoms with Gasteiger partial charge in [0, 0.05) is 51.2 Å². The number of aromatic nitrogens is 2. The topological polar surface area (TPSA) is 64.6 Å². The van der Waals surface area contributed by atoms with E-state index in [1.54, 1.807) is 4.90 Å². The number of piperidine rings is 1. The van der Waals surface area contributed by atoms with Crippen molar-refractivity contribution in [3.8, 4) is 0 Å². The summed E-state index contributed by atoms with van der Waals surface area (Å²) in [5.41, 5.74) is 0.478. The minimum absolute atomic E-state index is 0.0131. The summed E-state index contributed by atoms with van der Waals surface area (Å²) in [7, 11) is 0. The third-order valence-corrected chi connectivity index (χ3v) is 5.62. The molecule has 0 atom stereocenters. The standard InChI is InChI=1S/C20H24ClFN6O/c21-16-14-15(4-5-17(16)22)24-20(29)28-12-10-26(11-13-28)18-6-7-23-19(25-18)27-8-2-1-3-9-27/h4-7,14H,1-3,8-13H2,(H,24,29). The van der Waals surface area contributed by atoms with Crippen LogP contribution in [0.5, 0.6) is 0 Å². The molecule has 2 saturated heterocycles. The van der Waals surface area contributed by atoms with Crippen LogP contribution in [0.15, 0.2) is 30.5 Å². The minimum atomic E-state index is -0.507. The first kappa shape index (κ1) is 19.7. The molecule has 9 heteroatoms. The summed E-state index contributed by atoms with van der Waals surface area (Å²) < 4.78 is 13.3. The van der Waals surface area contributed by atoms with E-state index in [0.717, 1.165) is 24.9 Å². The maximum absolute atomic E-state index is 13.3. The second-order valence-electron chi connectivity index (χ2n) is 7.30. The van der Waals surface area contributed by atoms with E-state index in [9.17, 15) is 9.18 Å². The van der Waals surface area contributed by atoms with Crippen LogP contribution in [-0.2, 0) is 0 Å². The van der Waals surface area contributed by atoms with Crippen molar-refractivity contribution in [1.29, 1.82) is 0 Å². The Morgan fingerprint density at radius 3 is 2.48 bits per heavy atom. The molecule has 4 rings (SSSR count).